The lowest BCUT2D eigenvalue weighted by atomic mass is 10.1. The Balaban J connectivity index is 2.59. The summed E-state index contributed by atoms with van der Waals surface area (Å²) in [4.78, 5) is 4.37. The van der Waals surface area contributed by atoms with Gasteiger partial charge in [-0.2, -0.15) is 12.6 Å². The molecule has 0 radical (unpaired) electrons. The molecule has 2 rings (SSSR count). The number of rotatable bonds is 3. The zero-order chi connectivity index (χ0) is 10.7. The van der Waals surface area contributed by atoms with Crippen LogP contribution >= 0.6 is 12.6 Å². The molecular weight excluding hydrogens is 206 g/mol. The lowest BCUT2D eigenvalue weighted by Gasteiger charge is -2.06. The second kappa shape index (κ2) is 4.53. The van der Waals surface area contributed by atoms with Crippen LogP contribution < -0.4 is 4.74 Å². The Labute approximate surface area is 94.7 Å². The molecule has 0 saturated carbocycles. The third kappa shape index (κ3) is 2.07. The first-order chi connectivity index (χ1) is 7.35. The number of hydrogen-bond donors (Lipinski definition) is 1. The molecule has 0 aliphatic heterocycles. The summed E-state index contributed by atoms with van der Waals surface area (Å²) in [5, 5.41) is 2.36. The van der Waals surface area contributed by atoms with Gasteiger partial charge in [-0.05, 0) is 35.8 Å². The molecule has 0 amide bonds. The number of benzene rings is 1. The largest absolute Gasteiger partial charge is 0.497 e. The SMILES string of the molecule is COc1ccc2ccnc(CCS)c2c1. The van der Waals surface area contributed by atoms with Crippen LogP contribution in [0.2, 0.25) is 0 Å². The Morgan fingerprint density at radius 3 is 2.93 bits per heavy atom. The van der Waals surface area contributed by atoms with E-state index in [9.17, 15) is 0 Å². The Bertz CT molecular complexity index is 470. The Kier molecular flexibility index (Phi) is 3.11. The minimum absolute atomic E-state index is 0.809. The minimum atomic E-state index is 0.809. The van der Waals surface area contributed by atoms with Crippen molar-refractivity contribution in [3.63, 3.8) is 0 Å². The highest BCUT2D eigenvalue weighted by atomic mass is 32.1. The molecule has 0 unspecified atom stereocenters. The van der Waals surface area contributed by atoms with E-state index in [1.54, 1.807) is 7.11 Å². The molecule has 0 bridgehead atoms. The number of aryl methyl sites for hydroxylation is 1. The number of pyridine rings is 1. The van der Waals surface area contributed by atoms with Crippen molar-refractivity contribution < 1.29 is 4.74 Å². The van der Waals surface area contributed by atoms with Crippen molar-refractivity contribution in [2.75, 3.05) is 12.9 Å². The lowest BCUT2D eigenvalue weighted by molar-refractivity contribution is 0.415. The van der Waals surface area contributed by atoms with E-state index in [1.165, 1.54) is 5.39 Å². The Morgan fingerprint density at radius 2 is 2.20 bits per heavy atom. The van der Waals surface area contributed by atoms with Crippen LogP contribution in [0.3, 0.4) is 0 Å². The summed E-state index contributed by atoms with van der Waals surface area (Å²) in [6.07, 6.45) is 2.72. The summed E-state index contributed by atoms with van der Waals surface area (Å²) in [5.74, 6) is 1.68. The van der Waals surface area contributed by atoms with Crippen LogP contribution in [-0.2, 0) is 6.42 Å². The Morgan fingerprint density at radius 1 is 1.33 bits per heavy atom. The van der Waals surface area contributed by atoms with Crippen molar-refractivity contribution in [3.05, 3.63) is 36.2 Å². The number of thiol groups is 1. The second-order valence-electron chi connectivity index (χ2n) is 3.32. The highest BCUT2D eigenvalue weighted by molar-refractivity contribution is 7.80. The lowest BCUT2D eigenvalue weighted by Crippen LogP contribution is -1.93. The van der Waals surface area contributed by atoms with Crippen molar-refractivity contribution in [2.24, 2.45) is 0 Å². The molecule has 0 aliphatic carbocycles. The van der Waals surface area contributed by atoms with E-state index in [0.717, 1.165) is 29.0 Å². The van der Waals surface area contributed by atoms with Crippen molar-refractivity contribution >= 4 is 23.4 Å². The summed E-state index contributed by atoms with van der Waals surface area (Å²) >= 11 is 4.24. The summed E-state index contributed by atoms with van der Waals surface area (Å²) in [7, 11) is 1.68. The van der Waals surface area contributed by atoms with Crippen molar-refractivity contribution in [1.82, 2.24) is 4.98 Å². The molecule has 0 saturated heterocycles. The molecule has 0 spiro atoms. The number of hydrogen-bond acceptors (Lipinski definition) is 3. The maximum absolute atomic E-state index is 5.21. The van der Waals surface area contributed by atoms with Crippen molar-refractivity contribution in [2.45, 2.75) is 6.42 Å². The van der Waals surface area contributed by atoms with Gasteiger partial charge >= 0.3 is 0 Å². The number of ether oxygens (including phenoxy) is 1. The topological polar surface area (TPSA) is 22.1 Å². The summed E-state index contributed by atoms with van der Waals surface area (Å²) < 4.78 is 5.21. The van der Waals surface area contributed by atoms with Gasteiger partial charge < -0.3 is 4.74 Å². The minimum Gasteiger partial charge on any atom is -0.497 e. The van der Waals surface area contributed by atoms with Gasteiger partial charge in [0.15, 0.2) is 0 Å². The highest BCUT2D eigenvalue weighted by Crippen LogP contribution is 2.22. The first-order valence-corrected chi connectivity index (χ1v) is 5.51. The average molecular weight is 219 g/mol. The zero-order valence-corrected chi connectivity index (χ0v) is 9.50. The van der Waals surface area contributed by atoms with E-state index in [-0.39, 0.29) is 0 Å². The standard InChI is InChI=1S/C12H13NOS/c1-14-10-3-2-9-4-6-13-12(5-7-15)11(9)8-10/h2-4,6,8,15H,5,7H2,1H3. The van der Waals surface area contributed by atoms with Gasteiger partial charge in [0.1, 0.15) is 5.75 Å². The van der Waals surface area contributed by atoms with Crippen molar-refractivity contribution in [3.8, 4) is 5.75 Å². The smallest absolute Gasteiger partial charge is 0.119 e. The molecule has 3 heteroatoms. The van der Waals surface area contributed by atoms with Crippen molar-refractivity contribution in [1.29, 1.82) is 0 Å². The molecule has 2 nitrogen and oxygen atoms in total. The van der Waals surface area contributed by atoms with E-state index in [1.807, 2.05) is 24.4 Å². The fraction of sp³-hybridized carbons (Fsp3) is 0.250. The molecule has 1 heterocycles. The van der Waals surface area contributed by atoms with E-state index < -0.39 is 0 Å². The van der Waals surface area contributed by atoms with Crippen LogP contribution in [0.1, 0.15) is 5.69 Å². The van der Waals surface area contributed by atoms with Gasteiger partial charge in [0.2, 0.25) is 0 Å². The molecule has 2 aromatic rings. The maximum atomic E-state index is 5.21. The fourth-order valence-electron chi connectivity index (χ4n) is 1.64. The molecule has 0 aliphatic rings. The summed E-state index contributed by atoms with van der Waals surface area (Å²) in [6, 6.07) is 8.06. The van der Waals surface area contributed by atoms with Gasteiger partial charge in [-0.3, -0.25) is 4.98 Å². The van der Waals surface area contributed by atoms with Crippen LogP contribution in [0.4, 0.5) is 0 Å². The monoisotopic (exact) mass is 219 g/mol. The molecule has 1 aromatic heterocycles. The quantitative estimate of drug-likeness (QED) is 0.802. The average Bonchev–Trinajstić information content (AvgIpc) is 2.29. The predicted octanol–water partition coefficient (Wildman–Crippen LogP) is 2.72. The third-order valence-corrected chi connectivity index (χ3v) is 2.63. The van der Waals surface area contributed by atoms with E-state index in [0.29, 0.717) is 0 Å². The fourth-order valence-corrected chi connectivity index (χ4v) is 1.85. The summed E-state index contributed by atoms with van der Waals surface area (Å²) in [6.45, 7) is 0. The van der Waals surface area contributed by atoms with Gasteiger partial charge in [0.25, 0.3) is 0 Å². The number of fused-ring (bicyclic) bond motifs is 1. The van der Waals surface area contributed by atoms with Gasteiger partial charge in [-0.15, -0.1) is 0 Å². The van der Waals surface area contributed by atoms with Crippen LogP contribution in [0.15, 0.2) is 30.5 Å². The maximum Gasteiger partial charge on any atom is 0.119 e. The number of aromatic nitrogens is 1. The predicted molar refractivity (Wildman–Crippen MR) is 65.9 cm³/mol. The normalized spacial score (nSPS) is 10.5. The van der Waals surface area contributed by atoms with Gasteiger partial charge in [-0.25, -0.2) is 0 Å². The molecule has 15 heavy (non-hydrogen) atoms. The number of nitrogens with zero attached hydrogens (tertiary/aromatic N) is 1. The Hall–Kier alpha value is -1.22. The summed E-state index contributed by atoms with van der Waals surface area (Å²) in [5.41, 5.74) is 1.08. The van der Waals surface area contributed by atoms with Crippen LogP contribution in [0.25, 0.3) is 10.8 Å². The third-order valence-electron chi connectivity index (χ3n) is 2.40. The van der Waals surface area contributed by atoms with E-state index in [2.05, 4.69) is 23.7 Å². The van der Waals surface area contributed by atoms with Gasteiger partial charge in [0.05, 0.1) is 7.11 Å². The second-order valence-corrected chi connectivity index (χ2v) is 3.77. The first kappa shape index (κ1) is 10.3. The van der Waals surface area contributed by atoms with Crippen LogP contribution in [0.5, 0.6) is 5.75 Å². The van der Waals surface area contributed by atoms with Crippen LogP contribution in [-0.4, -0.2) is 17.8 Å². The molecule has 78 valence electrons. The van der Waals surface area contributed by atoms with E-state index in [4.69, 9.17) is 4.74 Å². The molecule has 1 aromatic carbocycles. The molecular formula is C12H13NOS. The molecule has 0 fully saturated rings. The van der Waals surface area contributed by atoms with Crippen LogP contribution in [0, 0.1) is 0 Å². The molecule has 0 atom stereocenters. The molecule has 0 N–H and O–H groups in total. The van der Waals surface area contributed by atoms with Gasteiger partial charge in [-0.1, -0.05) is 6.07 Å². The number of methoxy groups -OCH3 is 1. The van der Waals surface area contributed by atoms with Gasteiger partial charge in [0, 0.05) is 17.3 Å². The highest BCUT2D eigenvalue weighted by Gasteiger charge is 2.02. The zero-order valence-electron chi connectivity index (χ0n) is 8.60. The van der Waals surface area contributed by atoms with E-state index >= 15 is 0 Å². The first-order valence-electron chi connectivity index (χ1n) is 4.87.